The number of rotatable bonds is 9. The maximum absolute atomic E-state index is 12.5. The molecule has 160 valence electrons. The summed E-state index contributed by atoms with van der Waals surface area (Å²) >= 11 is 0. The smallest absolute Gasteiger partial charge is 0.227 e. The van der Waals surface area contributed by atoms with E-state index in [1.165, 1.54) is 48.9 Å². The largest absolute Gasteiger partial charge is 0.379 e. The average molecular weight is 407 g/mol. The molecule has 1 amide bonds. The molecular weight excluding hydrogens is 372 g/mol. The lowest BCUT2D eigenvalue weighted by Crippen LogP contribution is -2.36. The standard InChI is InChI=1S/C26H34N2O2/c29-26-14-12-24-20-22(8-4-1-2-7-15-27-16-18-30-19-17-27)11-13-25(24)28(26)21-23-9-5-3-6-10-23/h3,5-6,9-11,13,20H,1-2,4,7-8,12,14-19,21H2. The number of benzene rings is 2. The maximum Gasteiger partial charge on any atom is 0.227 e. The van der Waals surface area contributed by atoms with Gasteiger partial charge in [0, 0.05) is 25.2 Å². The Morgan fingerprint density at radius 2 is 1.63 bits per heavy atom. The minimum absolute atomic E-state index is 0.236. The summed E-state index contributed by atoms with van der Waals surface area (Å²) in [6, 6.07) is 17.0. The highest BCUT2D eigenvalue weighted by Gasteiger charge is 2.24. The molecule has 2 aliphatic rings. The highest BCUT2D eigenvalue weighted by atomic mass is 16.5. The fraction of sp³-hybridized carbons (Fsp3) is 0.500. The third-order valence-corrected chi connectivity index (χ3v) is 6.32. The summed E-state index contributed by atoms with van der Waals surface area (Å²) < 4.78 is 5.41. The Balaban J connectivity index is 1.25. The lowest BCUT2D eigenvalue weighted by atomic mass is 9.96. The van der Waals surface area contributed by atoms with Crippen LogP contribution in [0.3, 0.4) is 0 Å². The second-order valence-electron chi connectivity index (χ2n) is 8.55. The summed E-state index contributed by atoms with van der Waals surface area (Å²) in [7, 11) is 0. The minimum Gasteiger partial charge on any atom is -0.379 e. The van der Waals surface area contributed by atoms with Gasteiger partial charge >= 0.3 is 0 Å². The number of ether oxygens (including phenoxy) is 1. The quantitative estimate of drug-likeness (QED) is 0.571. The van der Waals surface area contributed by atoms with Crippen LogP contribution < -0.4 is 4.90 Å². The first-order valence-corrected chi connectivity index (χ1v) is 11.6. The number of morpholine rings is 1. The van der Waals surface area contributed by atoms with E-state index in [9.17, 15) is 4.79 Å². The molecule has 0 spiro atoms. The van der Waals surface area contributed by atoms with Crippen molar-refractivity contribution < 1.29 is 9.53 Å². The molecule has 2 heterocycles. The van der Waals surface area contributed by atoms with Crippen LogP contribution >= 0.6 is 0 Å². The van der Waals surface area contributed by atoms with E-state index in [4.69, 9.17) is 4.74 Å². The zero-order valence-corrected chi connectivity index (χ0v) is 18.0. The van der Waals surface area contributed by atoms with Crippen molar-refractivity contribution in [3.8, 4) is 0 Å². The van der Waals surface area contributed by atoms with Crippen LogP contribution in [0.4, 0.5) is 5.69 Å². The van der Waals surface area contributed by atoms with Gasteiger partial charge in [0.2, 0.25) is 5.91 Å². The molecule has 0 aromatic heterocycles. The Hall–Kier alpha value is -2.17. The Labute approximate surface area is 180 Å². The summed E-state index contributed by atoms with van der Waals surface area (Å²) in [5, 5.41) is 0. The lowest BCUT2D eigenvalue weighted by molar-refractivity contribution is -0.119. The van der Waals surface area contributed by atoms with E-state index in [2.05, 4.69) is 35.2 Å². The molecule has 0 radical (unpaired) electrons. The van der Waals surface area contributed by atoms with Crippen molar-refractivity contribution in [1.82, 2.24) is 4.90 Å². The Morgan fingerprint density at radius 1 is 0.833 bits per heavy atom. The summed E-state index contributed by atoms with van der Waals surface area (Å²) in [6.45, 7) is 5.86. The van der Waals surface area contributed by atoms with E-state index in [0.29, 0.717) is 13.0 Å². The number of hydrogen-bond donors (Lipinski definition) is 0. The Bertz CT molecular complexity index is 815. The summed E-state index contributed by atoms with van der Waals surface area (Å²) in [6.07, 6.45) is 7.76. The van der Waals surface area contributed by atoms with Gasteiger partial charge in [0.15, 0.2) is 0 Å². The van der Waals surface area contributed by atoms with Crippen LogP contribution in [-0.4, -0.2) is 43.7 Å². The van der Waals surface area contributed by atoms with Crippen LogP contribution in [0.5, 0.6) is 0 Å². The molecule has 2 aromatic carbocycles. The highest BCUT2D eigenvalue weighted by molar-refractivity contribution is 5.96. The van der Waals surface area contributed by atoms with Gasteiger partial charge in [0.05, 0.1) is 19.8 Å². The van der Waals surface area contributed by atoms with Crippen LogP contribution in [0.25, 0.3) is 0 Å². The number of aryl methyl sites for hydroxylation is 2. The molecule has 0 unspecified atom stereocenters. The number of carbonyl (C=O) groups is 1. The molecule has 1 saturated heterocycles. The van der Waals surface area contributed by atoms with Crippen LogP contribution in [0, 0.1) is 0 Å². The lowest BCUT2D eigenvalue weighted by Gasteiger charge is -2.30. The molecule has 0 aliphatic carbocycles. The number of hydrogen-bond acceptors (Lipinski definition) is 3. The van der Waals surface area contributed by atoms with E-state index in [1.807, 2.05) is 23.1 Å². The van der Waals surface area contributed by atoms with Crippen LogP contribution in [-0.2, 0) is 28.9 Å². The van der Waals surface area contributed by atoms with Crippen molar-refractivity contribution in [3.63, 3.8) is 0 Å². The number of amides is 1. The van der Waals surface area contributed by atoms with Crippen molar-refractivity contribution in [2.24, 2.45) is 0 Å². The molecule has 4 nitrogen and oxygen atoms in total. The van der Waals surface area contributed by atoms with Crippen LogP contribution in [0.15, 0.2) is 48.5 Å². The zero-order valence-electron chi connectivity index (χ0n) is 18.0. The normalized spacial score (nSPS) is 17.2. The van der Waals surface area contributed by atoms with E-state index in [1.54, 1.807) is 0 Å². The van der Waals surface area contributed by atoms with Gasteiger partial charge in [0.1, 0.15) is 0 Å². The topological polar surface area (TPSA) is 32.8 Å². The third-order valence-electron chi connectivity index (χ3n) is 6.32. The van der Waals surface area contributed by atoms with Crippen molar-refractivity contribution in [2.75, 3.05) is 37.7 Å². The van der Waals surface area contributed by atoms with Crippen molar-refractivity contribution in [3.05, 3.63) is 65.2 Å². The van der Waals surface area contributed by atoms with Crippen LogP contribution in [0.1, 0.15) is 48.8 Å². The third kappa shape index (κ3) is 5.71. The van der Waals surface area contributed by atoms with E-state index >= 15 is 0 Å². The van der Waals surface area contributed by atoms with Gasteiger partial charge in [0.25, 0.3) is 0 Å². The van der Waals surface area contributed by atoms with Crippen molar-refractivity contribution in [1.29, 1.82) is 0 Å². The van der Waals surface area contributed by atoms with Crippen molar-refractivity contribution >= 4 is 11.6 Å². The van der Waals surface area contributed by atoms with E-state index in [-0.39, 0.29) is 5.91 Å². The van der Waals surface area contributed by atoms with Gasteiger partial charge in [-0.2, -0.15) is 0 Å². The number of carbonyl (C=O) groups excluding carboxylic acids is 1. The molecule has 1 fully saturated rings. The van der Waals surface area contributed by atoms with Gasteiger partial charge in [-0.25, -0.2) is 0 Å². The predicted octanol–water partition coefficient (Wildman–Crippen LogP) is 4.60. The molecule has 4 heteroatoms. The van der Waals surface area contributed by atoms with Gasteiger partial charge < -0.3 is 9.64 Å². The molecule has 2 aliphatic heterocycles. The van der Waals surface area contributed by atoms with Gasteiger partial charge in [-0.3, -0.25) is 9.69 Å². The maximum atomic E-state index is 12.5. The van der Waals surface area contributed by atoms with Crippen molar-refractivity contribution in [2.45, 2.75) is 51.5 Å². The first-order chi connectivity index (χ1) is 14.8. The fourth-order valence-electron chi connectivity index (χ4n) is 4.55. The molecule has 30 heavy (non-hydrogen) atoms. The average Bonchev–Trinajstić information content (AvgIpc) is 2.79. The molecule has 0 N–H and O–H groups in total. The van der Waals surface area contributed by atoms with Gasteiger partial charge in [-0.05, 0) is 55.0 Å². The molecule has 0 bridgehead atoms. The first-order valence-electron chi connectivity index (χ1n) is 11.6. The Morgan fingerprint density at radius 3 is 2.47 bits per heavy atom. The number of nitrogens with zero attached hydrogens (tertiary/aromatic N) is 2. The molecule has 2 aromatic rings. The minimum atomic E-state index is 0.236. The monoisotopic (exact) mass is 406 g/mol. The number of unbranched alkanes of at least 4 members (excludes halogenated alkanes) is 3. The highest BCUT2D eigenvalue weighted by Crippen LogP contribution is 2.30. The summed E-state index contributed by atoms with van der Waals surface area (Å²) in [5.74, 6) is 0.236. The second kappa shape index (κ2) is 10.7. The number of anilines is 1. The molecule has 0 saturated carbocycles. The second-order valence-corrected chi connectivity index (χ2v) is 8.55. The SMILES string of the molecule is O=C1CCc2cc(CCCCCCN3CCOCC3)ccc2N1Cc1ccccc1. The molecule has 4 rings (SSSR count). The molecule has 0 atom stereocenters. The fourth-order valence-corrected chi connectivity index (χ4v) is 4.55. The summed E-state index contributed by atoms with van der Waals surface area (Å²) in [4.78, 5) is 17.0. The first kappa shape index (κ1) is 21.1. The van der Waals surface area contributed by atoms with E-state index in [0.717, 1.165) is 44.8 Å². The summed E-state index contributed by atoms with van der Waals surface area (Å²) in [5.41, 5.74) is 5.02. The van der Waals surface area contributed by atoms with E-state index < -0.39 is 0 Å². The molecular formula is C26H34N2O2. The zero-order chi connectivity index (χ0) is 20.6. The van der Waals surface area contributed by atoms with Gasteiger partial charge in [-0.15, -0.1) is 0 Å². The predicted molar refractivity (Wildman–Crippen MR) is 122 cm³/mol. The van der Waals surface area contributed by atoms with Gasteiger partial charge in [-0.1, -0.05) is 55.3 Å². The number of fused-ring (bicyclic) bond motifs is 1. The Kier molecular flexibility index (Phi) is 7.54. The van der Waals surface area contributed by atoms with Crippen LogP contribution in [0.2, 0.25) is 0 Å².